The van der Waals surface area contributed by atoms with Crippen LogP contribution in [0.3, 0.4) is 0 Å². The zero-order valence-electron chi connectivity index (χ0n) is 8.75. The fourth-order valence-corrected chi connectivity index (χ4v) is 1.50. The Kier molecular flexibility index (Phi) is 4.54. The van der Waals surface area contributed by atoms with Gasteiger partial charge in [-0.2, -0.15) is 0 Å². The molecule has 15 heavy (non-hydrogen) atoms. The summed E-state index contributed by atoms with van der Waals surface area (Å²) < 4.78 is 9.82. The predicted octanol–water partition coefficient (Wildman–Crippen LogP) is 1.30. The van der Waals surface area contributed by atoms with Gasteiger partial charge in [0.1, 0.15) is 11.4 Å². The fourth-order valence-electron chi connectivity index (χ4n) is 1.25. The lowest BCUT2D eigenvalue weighted by Crippen LogP contribution is -2.19. The Hall–Kier alpha value is -0.610. The Morgan fingerprint density at radius 3 is 2.60 bits per heavy atom. The van der Waals surface area contributed by atoms with E-state index in [-0.39, 0.29) is 24.6 Å². The monoisotopic (exact) mass is 234 g/mol. The Balaban J connectivity index is 2.16. The lowest BCUT2D eigenvalue weighted by Gasteiger charge is -2.06. The van der Waals surface area contributed by atoms with Gasteiger partial charge in [-0.05, 0) is 6.92 Å². The maximum Gasteiger partial charge on any atom is 0.306 e. The largest absolute Gasteiger partial charge is 0.466 e. The molecule has 0 aromatic heterocycles. The van der Waals surface area contributed by atoms with Crippen LogP contribution in [0.5, 0.6) is 0 Å². The van der Waals surface area contributed by atoms with Crippen molar-refractivity contribution < 1.29 is 19.1 Å². The van der Waals surface area contributed by atoms with Crippen LogP contribution < -0.4 is 0 Å². The summed E-state index contributed by atoms with van der Waals surface area (Å²) in [6, 6.07) is 0. The summed E-state index contributed by atoms with van der Waals surface area (Å²) in [5, 5.41) is 0. The van der Waals surface area contributed by atoms with E-state index in [9.17, 15) is 9.59 Å². The number of carbonyl (C=O) groups is 2. The standard InChI is InChI=1S/C10H15ClO4/c1-2-14-9(13)4-3-8(12)5-10(6-11)7-15-10/h2-7H2,1H3. The summed E-state index contributed by atoms with van der Waals surface area (Å²) in [6.07, 6.45) is 0.655. The predicted molar refractivity (Wildman–Crippen MR) is 54.9 cm³/mol. The average molecular weight is 235 g/mol. The molecule has 0 N–H and O–H groups in total. The van der Waals surface area contributed by atoms with E-state index in [0.29, 0.717) is 25.5 Å². The maximum atomic E-state index is 11.4. The first-order valence-electron chi connectivity index (χ1n) is 4.99. The normalized spacial score (nSPS) is 23.6. The molecule has 1 fully saturated rings. The van der Waals surface area contributed by atoms with Gasteiger partial charge in [-0.1, -0.05) is 0 Å². The highest BCUT2D eigenvalue weighted by Crippen LogP contribution is 2.32. The molecule has 0 saturated carbocycles. The van der Waals surface area contributed by atoms with Crippen LogP contribution in [0.15, 0.2) is 0 Å². The molecule has 1 saturated heterocycles. The smallest absolute Gasteiger partial charge is 0.306 e. The van der Waals surface area contributed by atoms with Crippen LogP contribution in [0.4, 0.5) is 0 Å². The minimum Gasteiger partial charge on any atom is -0.466 e. The van der Waals surface area contributed by atoms with Crippen LogP contribution in [0.2, 0.25) is 0 Å². The van der Waals surface area contributed by atoms with Crippen molar-refractivity contribution in [1.82, 2.24) is 0 Å². The van der Waals surface area contributed by atoms with Crippen molar-refractivity contribution in [2.45, 2.75) is 31.8 Å². The molecule has 5 heteroatoms. The number of ketones is 1. The number of carbonyl (C=O) groups excluding carboxylic acids is 2. The van der Waals surface area contributed by atoms with Gasteiger partial charge < -0.3 is 9.47 Å². The van der Waals surface area contributed by atoms with Gasteiger partial charge in [0.15, 0.2) is 0 Å². The third kappa shape index (κ3) is 4.18. The number of ether oxygens (including phenoxy) is 2. The van der Waals surface area contributed by atoms with Gasteiger partial charge >= 0.3 is 5.97 Å². The highest BCUT2D eigenvalue weighted by molar-refractivity contribution is 6.19. The zero-order valence-corrected chi connectivity index (χ0v) is 9.51. The molecule has 0 aromatic rings. The number of hydrogen-bond donors (Lipinski definition) is 0. The molecule has 1 aliphatic rings. The zero-order chi connectivity index (χ0) is 11.3. The highest BCUT2D eigenvalue weighted by Gasteiger charge is 2.45. The van der Waals surface area contributed by atoms with E-state index in [1.165, 1.54) is 0 Å². The van der Waals surface area contributed by atoms with Gasteiger partial charge in [-0.25, -0.2) is 0 Å². The molecular formula is C10H15ClO4. The van der Waals surface area contributed by atoms with Crippen LogP contribution in [0.1, 0.15) is 26.2 Å². The Morgan fingerprint density at radius 2 is 2.13 bits per heavy atom. The molecule has 0 aliphatic carbocycles. The van der Waals surface area contributed by atoms with Crippen molar-refractivity contribution in [2.24, 2.45) is 0 Å². The summed E-state index contributed by atoms with van der Waals surface area (Å²) in [7, 11) is 0. The number of alkyl halides is 1. The van der Waals surface area contributed by atoms with Crippen LogP contribution in [-0.2, 0) is 19.1 Å². The van der Waals surface area contributed by atoms with Gasteiger partial charge in [-0.15, -0.1) is 11.6 Å². The van der Waals surface area contributed by atoms with Crippen LogP contribution in [0.25, 0.3) is 0 Å². The molecule has 0 amide bonds. The molecule has 0 spiro atoms. The van der Waals surface area contributed by atoms with Crippen molar-refractivity contribution in [1.29, 1.82) is 0 Å². The van der Waals surface area contributed by atoms with E-state index in [0.717, 1.165) is 0 Å². The first-order valence-corrected chi connectivity index (χ1v) is 5.52. The van der Waals surface area contributed by atoms with E-state index in [2.05, 4.69) is 0 Å². The van der Waals surface area contributed by atoms with Gasteiger partial charge in [0.2, 0.25) is 0 Å². The lowest BCUT2D eigenvalue weighted by molar-refractivity contribution is -0.144. The van der Waals surface area contributed by atoms with Crippen molar-refractivity contribution >= 4 is 23.4 Å². The Morgan fingerprint density at radius 1 is 1.47 bits per heavy atom. The first-order chi connectivity index (χ1) is 7.12. The number of hydrogen-bond acceptors (Lipinski definition) is 4. The third-order valence-corrected chi connectivity index (χ3v) is 2.72. The second-order valence-electron chi connectivity index (χ2n) is 3.63. The average Bonchev–Trinajstić information content (AvgIpc) is 2.96. The van der Waals surface area contributed by atoms with Crippen molar-refractivity contribution in [3.05, 3.63) is 0 Å². The van der Waals surface area contributed by atoms with Crippen molar-refractivity contribution in [3.8, 4) is 0 Å². The highest BCUT2D eigenvalue weighted by atomic mass is 35.5. The summed E-state index contributed by atoms with van der Waals surface area (Å²) >= 11 is 5.64. The second kappa shape index (κ2) is 5.47. The summed E-state index contributed by atoms with van der Waals surface area (Å²) in [5.74, 6) is 0.00158. The van der Waals surface area contributed by atoms with Gasteiger partial charge in [0.25, 0.3) is 0 Å². The summed E-state index contributed by atoms with van der Waals surface area (Å²) in [4.78, 5) is 22.4. The van der Waals surface area contributed by atoms with Gasteiger partial charge in [0.05, 0.1) is 25.5 Å². The molecule has 1 aliphatic heterocycles. The minimum absolute atomic E-state index is 0.00111. The number of epoxide rings is 1. The quantitative estimate of drug-likeness (QED) is 0.379. The SMILES string of the molecule is CCOC(=O)CCC(=O)CC1(CCl)CO1. The minimum atomic E-state index is -0.437. The molecule has 0 bridgehead atoms. The topological polar surface area (TPSA) is 55.9 Å². The van der Waals surface area contributed by atoms with Crippen molar-refractivity contribution in [3.63, 3.8) is 0 Å². The van der Waals surface area contributed by atoms with Gasteiger partial charge in [0, 0.05) is 12.8 Å². The van der Waals surface area contributed by atoms with Gasteiger partial charge in [-0.3, -0.25) is 9.59 Å². The fraction of sp³-hybridized carbons (Fsp3) is 0.800. The first kappa shape index (κ1) is 12.5. The number of Topliss-reactive ketones (excluding diaryl/α,β-unsaturated/α-hetero) is 1. The Bertz CT molecular complexity index is 248. The molecule has 86 valence electrons. The van der Waals surface area contributed by atoms with Crippen molar-refractivity contribution in [2.75, 3.05) is 19.1 Å². The summed E-state index contributed by atoms with van der Waals surface area (Å²) in [6.45, 7) is 2.63. The second-order valence-corrected chi connectivity index (χ2v) is 3.89. The van der Waals surface area contributed by atoms with Crippen LogP contribution in [-0.4, -0.2) is 36.4 Å². The molecule has 4 nitrogen and oxygen atoms in total. The molecule has 1 unspecified atom stereocenters. The lowest BCUT2D eigenvalue weighted by atomic mass is 10.0. The molecule has 1 rings (SSSR count). The molecule has 1 atom stereocenters. The van der Waals surface area contributed by atoms with E-state index in [1.807, 2.05) is 0 Å². The van der Waals surface area contributed by atoms with E-state index in [1.54, 1.807) is 6.92 Å². The van der Waals surface area contributed by atoms with E-state index >= 15 is 0 Å². The summed E-state index contributed by atoms with van der Waals surface area (Å²) in [5.41, 5.74) is -0.437. The van der Waals surface area contributed by atoms with E-state index < -0.39 is 5.60 Å². The van der Waals surface area contributed by atoms with Crippen LogP contribution in [0, 0.1) is 0 Å². The number of rotatable bonds is 7. The molecule has 0 radical (unpaired) electrons. The third-order valence-electron chi connectivity index (χ3n) is 2.23. The number of esters is 1. The molecular weight excluding hydrogens is 220 g/mol. The Labute approximate surface area is 93.9 Å². The van der Waals surface area contributed by atoms with E-state index in [4.69, 9.17) is 21.1 Å². The number of halogens is 1. The molecule has 0 aromatic carbocycles. The van der Waals surface area contributed by atoms with Crippen LogP contribution >= 0.6 is 11.6 Å². The molecule has 1 heterocycles. The maximum absolute atomic E-state index is 11.4.